The van der Waals surface area contributed by atoms with E-state index in [1.165, 1.54) is 0 Å². The fourth-order valence-electron chi connectivity index (χ4n) is 3.32. The van der Waals surface area contributed by atoms with Gasteiger partial charge in [0.2, 0.25) is 0 Å². The highest BCUT2D eigenvalue weighted by atomic mass is 79.9. The van der Waals surface area contributed by atoms with E-state index in [0.29, 0.717) is 14.7 Å². The monoisotopic (exact) mass is 651 g/mol. The Kier molecular flexibility index (Phi) is 10.8. The lowest BCUT2D eigenvalue weighted by molar-refractivity contribution is -0.141. The van der Waals surface area contributed by atoms with Crippen molar-refractivity contribution in [2.24, 2.45) is 0 Å². The Morgan fingerprint density at radius 1 is 0.973 bits per heavy atom. The first-order valence-electron chi connectivity index (χ1n) is 11.0. The van der Waals surface area contributed by atoms with Crippen molar-refractivity contribution in [1.82, 2.24) is 5.32 Å². The van der Waals surface area contributed by atoms with Crippen LogP contribution in [0.2, 0.25) is 0 Å². The van der Waals surface area contributed by atoms with Crippen molar-refractivity contribution in [1.29, 1.82) is 0 Å². The smallest absolute Gasteiger partial charge is 0.414 e. The van der Waals surface area contributed by atoms with Crippen LogP contribution in [0, 0.1) is 0 Å². The zero-order valence-electron chi connectivity index (χ0n) is 19.3. The van der Waals surface area contributed by atoms with Crippen LogP contribution >= 0.6 is 44.5 Å². The van der Waals surface area contributed by atoms with Gasteiger partial charge < -0.3 is 19.3 Å². The van der Waals surface area contributed by atoms with Crippen LogP contribution in [0.25, 0.3) is 0 Å². The third-order valence-electron chi connectivity index (χ3n) is 5.01. The van der Waals surface area contributed by atoms with Gasteiger partial charge in [-0.3, -0.25) is 14.9 Å². The lowest BCUT2D eigenvalue weighted by Gasteiger charge is -2.29. The number of imide groups is 1. The van der Waals surface area contributed by atoms with Crippen molar-refractivity contribution in [3.63, 3.8) is 0 Å². The van der Waals surface area contributed by atoms with E-state index in [-0.39, 0.29) is 35.7 Å². The highest BCUT2D eigenvalue weighted by Crippen LogP contribution is 2.39. The first kappa shape index (κ1) is 28.5. The van der Waals surface area contributed by atoms with Crippen molar-refractivity contribution in [3.8, 4) is 11.5 Å². The molecule has 0 aliphatic rings. The van der Waals surface area contributed by atoms with Crippen molar-refractivity contribution < 1.29 is 33.7 Å². The molecule has 2 N–H and O–H groups in total. The molecular weight excluding hydrogens is 630 g/mol. The van der Waals surface area contributed by atoms with Crippen molar-refractivity contribution >= 4 is 62.5 Å². The van der Waals surface area contributed by atoms with Gasteiger partial charge in [-0.25, -0.2) is 4.79 Å². The summed E-state index contributed by atoms with van der Waals surface area (Å²) in [4.78, 5) is 37.0. The Hall–Kier alpha value is -3.02. The minimum Gasteiger partial charge on any atom is -0.506 e. The topological polar surface area (TPSA) is 111 Å². The van der Waals surface area contributed by atoms with Gasteiger partial charge in [-0.1, -0.05) is 52.3 Å². The van der Waals surface area contributed by atoms with Crippen LogP contribution in [0.4, 0.5) is 4.79 Å². The van der Waals surface area contributed by atoms with Gasteiger partial charge in [-0.15, -0.1) is 0 Å². The maximum absolute atomic E-state index is 12.9. The molecular formula is C26H23Br2NO7S. The summed E-state index contributed by atoms with van der Waals surface area (Å²) in [7, 11) is 0. The second-order valence-corrected chi connectivity index (χ2v) is 9.69. The summed E-state index contributed by atoms with van der Waals surface area (Å²) in [6.45, 7) is -0.0722. The van der Waals surface area contributed by atoms with Crippen molar-refractivity contribution in [2.75, 3.05) is 12.4 Å². The zero-order valence-corrected chi connectivity index (χ0v) is 23.4. The first-order valence-corrected chi connectivity index (χ1v) is 13.2. The number of amides is 2. The number of phenolic OH excluding ortho intramolecular Hbond substituents is 1. The number of nitrogens with one attached hydrogen (secondary N) is 1. The maximum Gasteiger partial charge on any atom is 0.414 e. The molecule has 0 saturated carbocycles. The summed E-state index contributed by atoms with van der Waals surface area (Å²) in [5, 5.41) is 13.0. The fourth-order valence-corrected chi connectivity index (χ4v) is 4.67. The summed E-state index contributed by atoms with van der Waals surface area (Å²) in [5.41, 5.74) is 0.463. The van der Waals surface area contributed by atoms with Crippen LogP contribution in [0.15, 0.2) is 81.7 Å². The lowest BCUT2D eigenvalue weighted by Crippen LogP contribution is -2.37. The van der Waals surface area contributed by atoms with Crippen LogP contribution in [0.1, 0.15) is 28.4 Å². The van der Waals surface area contributed by atoms with Gasteiger partial charge in [-0.2, -0.15) is 12.6 Å². The van der Waals surface area contributed by atoms with Gasteiger partial charge in [0.1, 0.15) is 17.6 Å². The number of alkyl carbamates (subject to hydrolysis) is 1. The second kappa shape index (κ2) is 14.1. The molecule has 0 aliphatic carbocycles. The maximum atomic E-state index is 12.9. The van der Waals surface area contributed by atoms with E-state index < -0.39 is 30.2 Å². The Morgan fingerprint density at radius 2 is 1.62 bits per heavy atom. The van der Waals surface area contributed by atoms with E-state index in [1.807, 2.05) is 6.07 Å². The molecule has 0 bridgehead atoms. The third-order valence-corrected chi connectivity index (χ3v) is 6.33. The highest BCUT2D eigenvalue weighted by molar-refractivity contribution is 9.11. The van der Waals surface area contributed by atoms with Crippen LogP contribution in [0.3, 0.4) is 0 Å². The van der Waals surface area contributed by atoms with Crippen LogP contribution in [-0.2, 0) is 14.3 Å². The molecule has 0 radical (unpaired) electrons. The standard InChI is InChI=1S/C26H23Br2NO7S/c27-17-13-19(23(31)20(28)14-17)24(36-26(33)29-25(32)16-7-3-1-4-8-16)21(11-12-34-22(30)15-37)35-18-9-5-2-6-10-18/h1-10,13-14,21,24,31,37H,11-12,15H2,(H,29,32,33)/t21-,24-/m0/s1. The first-order chi connectivity index (χ1) is 17.8. The molecule has 37 heavy (non-hydrogen) atoms. The SMILES string of the molecule is O=C(CS)OCC[C@H](Oc1ccccc1)[C@@H](OC(=O)NC(=O)c1ccccc1)c1cc(Br)cc(Br)c1O. The molecule has 0 unspecified atom stereocenters. The van der Waals surface area contributed by atoms with Crippen LogP contribution < -0.4 is 10.1 Å². The van der Waals surface area contributed by atoms with Gasteiger partial charge in [0.25, 0.3) is 5.91 Å². The number of ether oxygens (including phenoxy) is 3. The fraction of sp³-hybridized carbons (Fsp3) is 0.192. The average Bonchev–Trinajstić information content (AvgIpc) is 2.90. The minimum absolute atomic E-state index is 0.0722. The van der Waals surface area contributed by atoms with Crippen molar-refractivity contribution in [2.45, 2.75) is 18.6 Å². The summed E-state index contributed by atoms with van der Waals surface area (Å²) in [6.07, 6.45) is -3.11. The number of carbonyl (C=O) groups excluding carboxylic acids is 3. The third kappa shape index (κ3) is 8.51. The van der Waals surface area contributed by atoms with E-state index in [1.54, 1.807) is 66.7 Å². The molecule has 0 aromatic heterocycles. The molecule has 0 saturated heterocycles. The Morgan fingerprint density at radius 3 is 2.27 bits per heavy atom. The van der Waals surface area contributed by atoms with Gasteiger partial charge in [-0.05, 0) is 52.3 Å². The number of para-hydroxylation sites is 1. The van der Waals surface area contributed by atoms with E-state index in [9.17, 15) is 19.5 Å². The Balaban J connectivity index is 1.94. The Bertz CT molecular complexity index is 1230. The number of hydrogen-bond donors (Lipinski definition) is 3. The number of carbonyl (C=O) groups is 3. The molecule has 194 valence electrons. The summed E-state index contributed by atoms with van der Waals surface area (Å²) < 4.78 is 17.9. The van der Waals surface area contributed by atoms with E-state index >= 15 is 0 Å². The molecule has 3 rings (SSSR count). The van der Waals surface area contributed by atoms with Crippen LogP contribution in [-0.4, -0.2) is 41.5 Å². The van der Waals surface area contributed by atoms with E-state index in [2.05, 4.69) is 49.8 Å². The number of hydrogen-bond acceptors (Lipinski definition) is 8. The molecule has 0 heterocycles. The number of halogens is 2. The lowest BCUT2D eigenvalue weighted by atomic mass is 10.0. The van der Waals surface area contributed by atoms with Gasteiger partial charge in [0, 0.05) is 22.0 Å². The largest absolute Gasteiger partial charge is 0.506 e. The average molecular weight is 653 g/mol. The van der Waals surface area contributed by atoms with Crippen molar-refractivity contribution in [3.05, 3.63) is 92.9 Å². The molecule has 8 nitrogen and oxygen atoms in total. The van der Waals surface area contributed by atoms with E-state index in [4.69, 9.17) is 14.2 Å². The highest BCUT2D eigenvalue weighted by Gasteiger charge is 2.33. The summed E-state index contributed by atoms with van der Waals surface area (Å²) >= 11 is 10.6. The molecule has 2 atom stereocenters. The molecule has 0 aliphatic heterocycles. The Labute approximate surface area is 236 Å². The predicted octanol–water partition coefficient (Wildman–Crippen LogP) is 5.84. The van der Waals surface area contributed by atoms with Gasteiger partial charge in [0.05, 0.1) is 16.8 Å². The summed E-state index contributed by atoms with van der Waals surface area (Å²) in [5.74, 6) is -1.03. The molecule has 0 fully saturated rings. The minimum atomic E-state index is -1.22. The number of esters is 1. The molecule has 3 aromatic rings. The predicted molar refractivity (Wildman–Crippen MR) is 147 cm³/mol. The van der Waals surface area contributed by atoms with Gasteiger partial charge >= 0.3 is 12.1 Å². The normalized spacial score (nSPS) is 12.2. The van der Waals surface area contributed by atoms with Crippen LogP contribution in [0.5, 0.6) is 11.5 Å². The summed E-state index contributed by atoms with van der Waals surface area (Å²) in [6, 6.07) is 20.1. The number of benzene rings is 3. The molecule has 3 aromatic carbocycles. The number of rotatable bonds is 10. The number of phenols is 1. The number of aromatic hydroxyl groups is 1. The van der Waals surface area contributed by atoms with Gasteiger partial charge in [0.15, 0.2) is 6.10 Å². The molecule has 2 amide bonds. The van der Waals surface area contributed by atoms with E-state index in [0.717, 1.165) is 0 Å². The quantitative estimate of drug-likeness (QED) is 0.187. The molecule has 11 heteroatoms. The zero-order chi connectivity index (χ0) is 26.8. The number of thiol groups is 1. The molecule has 0 spiro atoms. The second-order valence-electron chi connectivity index (χ2n) is 7.61.